The quantitative estimate of drug-likeness (QED) is 0.616. The molecule has 6 heteroatoms. The molecule has 1 heterocycles. The van der Waals surface area contributed by atoms with E-state index in [4.69, 9.17) is 9.52 Å². The van der Waals surface area contributed by atoms with E-state index >= 15 is 0 Å². The number of carboxylic acid groups (broad SMARTS) is 1. The van der Waals surface area contributed by atoms with Gasteiger partial charge < -0.3 is 14.8 Å². The molecular formula is C21H20N2O4. The van der Waals surface area contributed by atoms with Crippen molar-refractivity contribution in [3.8, 4) is 17.4 Å². The molecule has 1 aliphatic carbocycles. The highest BCUT2D eigenvalue weighted by atomic mass is 16.4. The number of benzene rings is 1. The average Bonchev–Trinajstić information content (AvgIpc) is 3.15. The molecule has 0 radical (unpaired) electrons. The van der Waals surface area contributed by atoms with E-state index in [2.05, 4.69) is 5.32 Å². The Morgan fingerprint density at radius 1 is 1.19 bits per heavy atom. The molecule has 1 fully saturated rings. The lowest BCUT2D eigenvalue weighted by atomic mass is 9.95. The minimum absolute atomic E-state index is 0.0132. The van der Waals surface area contributed by atoms with E-state index in [1.54, 1.807) is 24.3 Å². The van der Waals surface area contributed by atoms with Gasteiger partial charge in [-0.1, -0.05) is 31.4 Å². The molecule has 138 valence electrons. The van der Waals surface area contributed by atoms with Crippen LogP contribution in [-0.2, 0) is 4.79 Å². The predicted octanol–water partition coefficient (Wildman–Crippen LogP) is 4.00. The van der Waals surface area contributed by atoms with Crippen molar-refractivity contribution in [3.63, 3.8) is 0 Å². The molecule has 1 aromatic carbocycles. The average molecular weight is 364 g/mol. The van der Waals surface area contributed by atoms with Crippen molar-refractivity contribution >= 4 is 18.0 Å². The summed E-state index contributed by atoms with van der Waals surface area (Å²) in [6.07, 6.45) is 6.65. The summed E-state index contributed by atoms with van der Waals surface area (Å²) < 4.78 is 5.68. The number of nitrogens with zero attached hydrogens (tertiary/aromatic N) is 1. The van der Waals surface area contributed by atoms with Crippen molar-refractivity contribution < 1.29 is 19.1 Å². The predicted molar refractivity (Wildman–Crippen MR) is 99.7 cm³/mol. The number of rotatable bonds is 5. The smallest absolute Gasteiger partial charge is 0.335 e. The fraction of sp³-hybridized carbons (Fsp3) is 0.286. The Balaban J connectivity index is 1.76. The Hall–Kier alpha value is -3.33. The molecule has 2 N–H and O–H groups in total. The summed E-state index contributed by atoms with van der Waals surface area (Å²) >= 11 is 0. The van der Waals surface area contributed by atoms with Gasteiger partial charge in [0.25, 0.3) is 5.91 Å². The Morgan fingerprint density at radius 2 is 1.96 bits per heavy atom. The van der Waals surface area contributed by atoms with Gasteiger partial charge in [0.05, 0.1) is 5.56 Å². The first-order chi connectivity index (χ1) is 13.1. The lowest BCUT2D eigenvalue weighted by Gasteiger charge is -2.22. The van der Waals surface area contributed by atoms with Gasteiger partial charge in [-0.15, -0.1) is 0 Å². The zero-order valence-corrected chi connectivity index (χ0v) is 14.8. The number of carbonyl (C=O) groups excluding carboxylic acids is 1. The van der Waals surface area contributed by atoms with E-state index < -0.39 is 11.9 Å². The number of carbonyl (C=O) groups is 2. The normalized spacial score (nSPS) is 15.1. The van der Waals surface area contributed by atoms with Crippen LogP contribution >= 0.6 is 0 Å². The zero-order chi connectivity index (χ0) is 19.2. The lowest BCUT2D eigenvalue weighted by molar-refractivity contribution is -0.117. The molecular weight excluding hydrogens is 344 g/mol. The number of carboxylic acids is 1. The molecule has 1 amide bonds. The Kier molecular flexibility index (Phi) is 5.72. The van der Waals surface area contributed by atoms with E-state index in [-0.39, 0.29) is 17.2 Å². The summed E-state index contributed by atoms with van der Waals surface area (Å²) in [5.74, 6) is -0.583. The van der Waals surface area contributed by atoms with Crippen LogP contribution in [0.15, 0.2) is 46.4 Å². The molecule has 0 saturated heterocycles. The van der Waals surface area contributed by atoms with E-state index in [9.17, 15) is 14.9 Å². The lowest BCUT2D eigenvalue weighted by Crippen LogP contribution is -2.36. The maximum Gasteiger partial charge on any atom is 0.335 e. The number of hydrogen-bond acceptors (Lipinski definition) is 4. The van der Waals surface area contributed by atoms with Gasteiger partial charge in [-0.2, -0.15) is 5.26 Å². The Labute approximate surface area is 157 Å². The maximum atomic E-state index is 12.3. The van der Waals surface area contributed by atoms with Gasteiger partial charge in [-0.3, -0.25) is 4.79 Å². The molecule has 1 saturated carbocycles. The summed E-state index contributed by atoms with van der Waals surface area (Å²) in [5.41, 5.74) is 0.756. The molecule has 0 bridgehead atoms. The van der Waals surface area contributed by atoms with Crippen LogP contribution in [0.1, 0.15) is 48.2 Å². The second-order valence-electron chi connectivity index (χ2n) is 6.57. The first kappa shape index (κ1) is 18.5. The standard InChI is InChI=1S/C21H20N2O4/c22-13-16(20(24)23-17-7-2-1-3-8-17)12-18-9-10-19(27-18)14-5-4-6-15(11-14)21(25)26/h4-6,9-12,17H,1-3,7-8H2,(H,23,24)(H,25,26). The zero-order valence-electron chi connectivity index (χ0n) is 14.8. The van der Waals surface area contributed by atoms with Crippen molar-refractivity contribution in [1.29, 1.82) is 5.26 Å². The summed E-state index contributed by atoms with van der Waals surface area (Å²) in [4.78, 5) is 23.4. The fourth-order valence-corrected chi connectivity index (χ4v) is 3.19. The van der Waals surface area contributed by atoms with Crippen LogP contribution in [0.3, 0.4) is 0 Å². The highest BCUT2D eigenvalue weighted by Gasteiger charge is 2.18. The number of nitriles is 1. The van der Waals surface area contributed by atoms with Crippen molar-refractivity contribution in [1.82, 2.24) is 5.32 Å². The summed E-state index contributed by atoms with van der Waals surface area (Å²) in [5, 5.41) is 21.3. The first-order valence-electron chi connectivity index (χ1n) is 8.93. The van der Waals surface area contributed by atoms with Gasteiger partial charge in [-0.25, -0.2) is 4.79 Å². The molecule has 1 aliphatic rings. The number of amides is 1. The molecule has 0 unspecified atom stereocenters. The highest BCUT2D eigenvalue weighted by Crippen LogP contribution is 2.24. The van der Waals surface area contributed by atoms with Gasteiger partial charge in [0.15, 0.2) is 0 Å². The monoisotopic (exact) mass is 364 g/mol. The van der Waals surface area contributed by atoms with Gasteiger partial charge in [0, 0.05) is 17.7 Å². The molecule has 1 aromatic heterocycles. The first-order valence-corrected chi connectivity index (χ1v) is 8.93. The van der Waals surface area contributed by atoms with Gasteiger partial charge >= 0.3 is 5.97 Å². The van der Waals surface area contributed by atoms with Crippen LogP contribution in [0.2, 0.25) is 0 Å². The van der Waals surface area contributed by atoms with E-state index in [1.807, 2.05) is 6.07 Å². The SMILES string of the molecule is N#CC(=Cc1ccc(-c2cccc(C(=O)O)c2)o1)C(=O)NC1CCCCC1. The Morgan fingerprint density at radius 3 is 2.67 bits per heavy atom. The molecule has 0 spiro atoms. The van der Waals surface area contributed by atoms with Crippen molar-refractivity contribution in [2.24, 2.45) is 0 Å². The van der Waals surface area contributed by atoms with Crippen LogP contribution in [0.4, 0.5) is 0 Å². The summed E-state index contributed by atoms with van der Waals surface area (Å²) in [6.45, 7) is 0. The second kappa shape index (κ2) is 8.37. The van der Waals surface area contributed by atoms with Crippen LogP contribution < -0.4 is 5.32 Å². The molecule has 0 aliphatic heterocycles. The third-order valence-electron chi connectivity index (χ3n) is 4.61. The van der Waals surface area contributed by atoms with Crippen molar-refractivity contribution in [2.45, 2.75) is 38.1 Å². The van der Waals surface area contributed by atoms with E-state index in [1.165, 1.54) is 24.6 Å². The minimum Gasteiger partial charge on any atom is -0.478 e. The summed E-state index contributed by atoms with van der Waals surface area (Å²) in [7, 11) is 0. The van der Waals surface area contributed by atoms with Crippen LogP contribution in [0.5, 0.6) is 0 Å². The van der Waals surface area contributed by atoms with Gasteiger partial charge in [0.1, 0.15) is 23.2 Å². The van der Waals surface area contributed by atoms with Crippen LogP contribution in [0.25, 0.3) is 17.4 Å². The maximum absolute atomic E-state index is 12.3. The van der Waals surface area contributed by atoms with Crippen molar-refractivity contribution in [2.75, 3.05) is 0 Å². The number of aromatic carboxylic acids is 1. The summed E-state index contributed by atoms with van der Waals surface area (Å²) in [6, 6.07) is 11.8. The largest absolute Gasteiger partial charge is 0.478 e. The topological polar surface area (TPSA) is 103 Å². The Bertz CT molecular complexity index is 914. The number of nitrogens with one attached hydrogen (secondary N) is 1. The molecule has 6 nitrogen and oxygen atoms in total. The molecule has 3 rings (SSSR count). The fourth-order valence-electron chi connectivity index (χ4n) is 3.19. The van der Waals surface area contributed by atoms with Gasteiger partial charge in [0.2, 0.25) is 0 Å². The molecule has 2 aromatic rings. The third kappa shape index (κ3) is 4.64. The van der Waals surface area contributed by atoms with Crippen molar-refractivity contribution in [3.05, 3.63) is 53.3 Å². The van der Waals surface area contributed by atoms with E-state index in [0.717, 1.165) is 25.7 Å². The van der Waals surface area contributed by atoms with Gasteiger partial charge in [-0.05, 0) is 37.1 Å². The number of furan rings is 1. The molecule has 27 heavy (non-hydrogen) atoms. The third-order valence-corrected chi connectivity index (χ3v) is 4.61. The van der Waals surface area contributed by atoms with Crippen LogP contribution in [0, 0.1) is 11.3 Å². The van der Waals surface area contributed by atoms with E-state index in [0.29, 0.717) is 17.1 Å². The second-order valence-corrected chi connectivity index (χ2v) is 6.57. The van der Waals surface area contributed by atoms with Crippen LogP contribution in [-0.4, -0.2) is 23.0 Å². The molecule has 0 atom stereocenters. The number of hydrogen-bond donors (Lipinski definition) is 2. The minimum atomic E-state index is -1.02. The highest BCUT2D eigenvalue weighted by molar-refractivity contribution is 6.01.